The highest BCUT2D eigenvalue weighted by molar-refractivity contribution is 6.09. The van der Waals surface area contributed by atoms with Crippen molar-refractivity contribution in [2.45, 2.75) is 25.8 Å². The van der Waals surface area contributed by atoms with Crippen LogP contribution in [-0.4, -0.2) is 18.4 Å². The average molecular weight is 322 g/mol. The summed E-state index contributed by atoms with van der Waals surface area (Å²) < 4.78 is 5.33. The molecule has 0 aromatic heterocycles. The van der Waals surface area contributed by atoms with E-state index in [0.717, 1.165) is 23.4 Å². The molecule has 1 heterocycles. The van der Waals surface area contributed by atoms with E-state index in [0.29, 0.717) is 11.3 Å². The Morgan fingerprint density at radius 3 is 2.75 bits per heavy atom. The molecule has 0 aliphatic carbocycles. The van der Waals surface area contributed by atoms with Gasteiger partial charge in [-0.15, -0.1) is 0 Å². The summed E-state index contributed by atoms with van der Waals surface area (Å²) in [6.07, 6.45) is 2.53. The second-order valence-corrected chi connectivity index (χ2v) is 6.76. The molecule has 0 spiro atoms. The van der Waals surface area contributed by atoms with Crippen molar-refractivity contribution < 1.29 is 9.53 Å². The molecule has 1 aliphatic heterocycles. The number of nitrogens with one attached hydrogen (secondary N) is 1. The number of nitrogen functional groups attached to an aromatic ring is 1. The number of methoxy groups -OCH3 is 1. The Morgan fingerprint density at radius 1 is 1.25 bits per heavy atom. The van der Waals surface area contributed by atoms with Crippen molar-refractivity contribution in [2.24, 2.45) is 0 Å². The summed E-state index contributed by atoms with van der Waals surface area (Å²) in [5, 5.41) is 3.47. The standard InChI is InChI=1S/C20H22N2O2/c1-20(2)12-14-7-8-16(24-3)10-17(14)18(22-20)11-19(23)13-5-4-6-15(21)9-13/h4-11,22H,12,21H2,1-3H3. The van der Waals surface area contributed by atoms with Gasteiger partial charge in [0.05, 0.1) is 7.11 Å². The summed E-state index contributed by atoms with van der Waals surface area (Å²) in [7, 11) is 1.64. The van der Waals surface area contributed by atoms with E-state index in [-0.39, 0.29) is 11.3 Å². The minimum Gasteiger partial charge on any atom is -0.497 e. The van der Waals surface area contributed by atoms with Gasteiger partial charge in [-0.25, -0.2) is 0 Å². The van der Waals surface area contributed by atoms with Crippen LogP contribution in [0.5, 0.6) is 5.75 Å². The third-order valence-electron chi connectivity index (χ3n) is 4.16. The van der Waals surface area contributed by atoms with Gasteiger partial charge in [-0.3, -0.25) is 4.79 Å². The molecule has 0 unspecified atom stereocenters. The molecular formula is C20H22N2O2. The van der Waals surface area contributed by atoms with Crippen molar-refractivity contribution in [3.05, 3.63) is 65.2 Å². The van der Waals surface area contributed by atoms with Gasteiger partial charge in [-0.1, -0.05) is 18.2 Å². The number of ketones is 1. The molecule has 0 atom stereocenters. The fourth-order valence-corrected chi connectivity index (χ4v) is 3.06. The fraction of sp³-hybridized carbons (Fsp3) is 0.250. The molecule has 0 fully saturated rings. The normalized spacial score (nSPS) is 17.0. The van der Waals surface area contributed by atoms with Crippen molar-refractivity contribution in [3.8, 4) is 5.75 Å². The van der Waals surface area contributed by atoms with Crippen molar-refractivity contribution in [2.75, 3.05) is 12.8 Å². The number of benzene rings is 2. The van der Waals surface area contributed by atoms with Crippen LogP contribution in [0, 0.1) is 0 Å². The third-order valence-corrected chi connectivity index (χ3v) is 4.16. The molecule has 3 N–H and O–H groups in total. The minimum atomic E-state index is -0.122. The molecule has 24 heavy (non-hydrogen) atoms. The Bertz CT molecular complexity index is 822. The smallest absolute Gasteiger partial charge is 0.187 e. The number of carbonyl (C=O) groups is 1. The Labute approximate surface area is 142 Å². The molecule has 2 aromatic rings. The summed E-state index contributed by atoms with van der Waals surface area (Å²) in [6.45, 7) is 4.25. The predicted octanol–water partition coefficient (Wildman–Crippen LogP) is 3.43. The van der Waals surface area contributed by atoms with Crippen LogP contribution in [0.2, 0.25) is 0 Å². The Morgan fingerprint density at radius 2 is 2.04 bits per heavy atom. The lowest BCUT2D eigenvalue weighted by molar-refractivity contribution is 0.104. The molecule has 0 radical (unpaired) electrons. The predicted molar refractivity (Wildman–Crippen MR) is 97.1 cm³/mol. The minimum absolute atomic E-state index is 0.0729. The summed E-state index contributed by atoms with van der Waals surface area (Å²) >= 11 is 0. The van der Waals surface area contributed by atoms with E-state index in [1.54, 1.807) is 37.5 Å². The van der Waals surface area contributed by atoms with Gasteiger partial charge in [0.1, 0.15) is 5.75 Å². The van der Waals surface area contributed by atoms with E-state index in [1.165, 1.54) is 5.56 Å². The summed E-state index contributed by atoms with van der Waals surface area (Å²) in [6, 6.07) is 13.0. The Balaban J connectivity index is 2.05. The number of rotatable bonds is 3. The van der Waals surface area contributed by atoms with E-state index in [1.807, 2.05) is 12.1 Å². The molecule has 124 valence electrons. The Kier molecular flexibility index (Phi) is 4.06. The lowest BCUT2D eigenvalue weighted by Crippen LogP contribution is -2.43. The second-order valence-electron chi connectivity index (χ2n) is 6.76. The highest BCUT2D eigenvalue weighted by Gasteiger charge is 2.28. The second kappa shape index (κ2) is 6.04. The van der Waals surface area contributed by atoms with Gasteiger partial charge < -0.3 is 15.8 Å². The number of hydrogen-bond donors (Lipinski definition) is 2. The van der Waals surface area contributed by atoms with Gasteiger partial charge in [-0.05, 0) is 50.1 Å². The van der Waals surface area contributed by atoms with Crippen LogP contribution in [0.25, 0.3) is 5.70 Å². The van der Waals surface area contributed by atoms with Crippen molar-refractivity contribution >= 4 is 17.2 Å². The maximum atomic E-state index is 12.6. The van der Waals surface area contributed by atoms with Crippen molar-refractivity contribution in [3.63, 3.8) is 0 Å². The van der Waals surface area contributed by atoms with E-state index in [2.05, 4.69) is 25.2 Å². The monoisotopic (exact) mass is 322 g/mol. The summed E-state index contributed by atoms with van der Waals surface area (Å²) in [5.74, 6) is 0.703. The van der Waals surface area contributed by atoms with Crippen molar-refractivity contribution in [1.82, 2.24) is 5.32 Å². The number of hydrogen-bond acceptors (Lipinski definition) is 4. The van der Waals surface area contributed by atoms with Crippen LogP contribution < -0.4 is 15.8 Å². The van der Waals surface area contributed by atoms with Gasteiger partial charge in [0.15, 0.2) is 5.78 Å². The highest BCUT2D eigenvalue weighted by atomic mass is 16.5. The Hall–Kier alpha value is -2.75. The van der Waals surface area contributed by atoms with Crippen LogP contribution >= 0.6 is 0 Å². The first-order valence-corrected chi connectivity index (χ1v) is 7.95. The maximum absolute atomic E-state index is 12.6. The maximum Gasteiger partial charge on any atom is 0.187 e. The van der Waals surface area contributed by atoms with E-state index >= 15 is 0 Å². The van der Waals surface area contributed by atoms with Gasteiger partial charge in [0.2, 0.25) is 0 Å². The topological polar surface area (TPSA) is 64.3 Å². The van der Waals surface area contributed by atoms with E-state index in [9.17, 15) is 4.79 Å². The number of fused-ring (bicyclic) bond motifs is 1. The number of carbonyl (C=O) groups excluding carboxylic acids is 1. The third kappa shape index (κ3) is 3.27. The van der Waals surface area contributed by atoms with E-state index < -0.39 is 0 Å². The molecule has 0 bridgehead atoms. The van der Waals surface area contributed by atoms with Gasteiger partial charge >= 0.3 is 0 Å². The largest absolute Gasteiger partial charge is 0.497 e. The SMILES string of the molecule is COc1ccc2c(c1)C(=CC(=O)c1cccc(N)c1)NC(C)(C)C2. The highest BCUT2D eigenvalue weighted by Crippen LogP contribution is 2.32. The number of anilines is 1. The molecule has 2 aromatic carbocycles. The molecular weight excluding hydrogens is 300 g/mol. The summed E-state index contributed by atoms with van der Waals surface area (Å²) in [5.41, 5.74) is 9.84. The van der Waals surface area contributed by atoms with Gasteiger partial charge in [0, 0.05) is 34.1 Å². The summed E-state index contributed by atoms with van der Waals surface area (Å²) in [4.78, 5) is 12.6. The zero-order valence-electron chi connectivity index (χ0n) is 14.2. The van der Waals surface area contributed by atoms with Crippen LogP contribution in [0.3, 0.4) is 0 Å². The molecule has 0 saturated carbocycles. The molecule has 1 aliphatic rings. The lowest BCUT2D eigenvalue weighted by atomic mass is 9.85. The van der Waals surface area contributed by atoms with Gasteiger partial charge in [-0.2, -0.15) is 0 Å². The van der Waals surface area contributed by atoms with Gasteiger partial charge in [0.25, 0.3) is 0 Å². The van der Waals surface area contributed by atoms with Crippen molar-refractivity contribution in [1.29, 1.82) is 0 Å². The molecule has 4 heteroatoms. The zero-order chi connectivity index (χ0) is 17.3. The first-order chi connectivity index (χ1) is 11.4. The average Bonchev–Trinajstić information content (AvgIpc) is 2.53. The van der Waals surface area contributed by atoms with E-state index in [4.69, 9.17) is 10.5 Å². The number of nitrogens with two attached hydrogens (primary N) is 1. The first-order valence-electron chi connectivity index (χ1n) is 7.95. The molecule has 0 amide bonds. The number of allylic oxidation sites excluding steroid dienone is 1. The molecule has 3 rings (SSSR count). The quantitative estimate of drug-likeness (QED) is 0.516. The lowest BCUT2D eigenvalue weighted by Gasteiger charge is -2.35. The van der Waals surface area contributed by atoms with Crippen LogP contribution in [0.4, 0.5) is 5.69 Å². The van der Waals surface area contributed by atoms with Crippen LogP contribution in [0.15, 0.2) is 48.5 Å². The first kappa shape index (κ1) is 16.1. The van der Waals surface area contributed by atoms with Crippen LogP contribution in [0.1, 0.15) is 35.3 Å². The van der Waals surface area contributed by atoms with Crippen LogP contribution in [-0.2, 0) is 6.42 Å². The number of ether oxygens (including phenoxy) is 1. The fourth-order valence-electron chi connectivity index (χ4n) is 3.06. The molecule has 0 saturated heterocycles. The zero-order valence-corrected chi connectivity index (χ0v) is 14.2. The molecule has 4 nitrogen and oxygen atoms in total.